The Bertz CT molecular complexity index is 357. The summed E-state index contributed by atoms with van der Waals surface area (Å²) < 4.78 is 26.0. The third-order valence-electron chi connectivity index (χ3n) is 4.24. The lowest BCUT2D eigenvalue weighted by Crippen LogP contribution is -2.44. The molecule has 18 heavy (non-hydrogen) atoms. The molecule has 1 N–H and O–H groups in total. The first-order valence-electron chi connectivity index (χ1n) is 7.26. The summed E-state index contributed by atoms with van der Waals surface area (Å²) in [6.45, 7) is 3.25. The molecule has 0 aromatic carbocycles. The van der Waals surface area contributed by atoms with E-state index in [0.29, 0.717) is 6.04 Å². The summed E-state index contributed by atoms with van der Waals surface area (Å²) in [6, 6.07) is 0.827. The molecule has 0 aromatic heterocycles. The van der Waals surface area contributed by atoms with E-state index in [1.165, 1.54) is 0 Å². The molecule has 106 valence electrons. The zero-order valence-corrected chi connectivity index (χ0v) is 12.4. The highest BCUT2D eigenvalue weighted by Gasteiger charge is 2.41. The number of nitrogens with zero attached hydrogens (tertiary/aromatic N) is 1. The van der Waals surface area contributed by atoms with E-state index in [1.807, 2.05) is 0 Å². The van der Waals surface area contributed by atoms with E-state index in [4.69, 9.17) is 0 Å². The molecular weight excluding hydrogens is 248 g/mol. The van der Waals surface area contributed by atoms with Gasteiger partial charge in [0.05, 0.1) is 5.25 Å². The fourth-order valence-corrected chi connectivity index (χ4v) is 4.63. The molecule has 0 spiro atoms. The standard InChI is InChI=1S/C13H26N2O2S/c1-3-10-14-11-4-6-12(7-5-11)15(2)18(16,17)13-8-9-13/h11-14H,3-10H2,1-2H3. The van der Waals surface area contributed by atoms with E-state index in [1.54, 1.807) is 11.4 Å². The molecule has 0 bridgehead atoms. The van der Waals surface area contributed by atoms with Crippen LogP contribution in [-0.4, -0.2) is 43.6 Å². The number of nitrogens with one attached hydrogen (secondary N) is 1. The smallest absolute Gasteiger partial charge is 0.216 e. The van der Waals surface area contributed by atoms with Crippen molar-refractivity contribution in [3.8, 4) is 0 Å². The van der Waals surface area contributed by atoms with Crippen LogP contribution in [0.25, 0.3) is 0 Å². The van der Waals surface area contributed by atoms with Gasteiger partial charge in [0.15, 0.2) is 0 Å². The third-order valence-corrected chi connectivity index (χ3v) is 6.66. The number of sulfonamides is 1. The maximum atomic E-state index is 12.2. The minimum Gasteiger partial charge on any atom is -0.314 e. The van der Waals surface area contributed by atoms with Gasteiger partial charge in [-0.3, -0.25) is 0 Å². The van der Waals surface area contributed by atoms with Crippen LogP contribution in [0.15, 0.2) is 0 Å². The van der Waals surface area contributed by atoms with Gasteiger partial charge in [-0.1, -0.05) is 6.92 Å². The fourth-order valence-electron chi connectivity index (χ4n) is 2.80. The first-order valence-corrected chi connectivity index (χ1v) is 8.76. The first kappa shape index (κ1) is 14.3. The van der Waals surface area contributed by atoms with Crippen LogP contribution in [0.5, 0.6) is 0 Å². The topological polar surface area (TPSA) is 49.4 Å². The minimum absolute atomic E-state index is 0.0709. The van der Waals surface area contributed by atoms with Crippen molar-refractivity contribution in [1.29, 1.82) is 0 Å². The Morgan fingerprint density at radius 3 is 2.22 bits per heavy atom. The van der Waals surface area contributed by atoms with Crippen LogP contribution in [0.4, 0.5) is 0 Å². The number of hydrogen-bond donors (Lipinski definition) is 1. The van der Waals surface area contributed by atoms with E-state index in [0.717, 1.165) is 51.5 Å². The molecule has 4 nitrogen and oxygen atoms in total. The van der Waals surface area contributed by atoms with Crippen LogP contribution >= 0.6 is 0 Å². The Kier molecular flexibility index (Phi) is 4.67. The fraction of sp³-hybridized carbons (Fsp3) is 1.00. The van der Waals surface area contributed by atoms with E-state index < -0.39 is 10.0 Å². The van der Waals surface area contributed by atoms with Crippen LogP contribution < -0.4 is 5.32 Å². The Balaban J connectivity index is 1.82. The monoisotopic (exact) mass is 274 g/mol. The average Bonchev–Trinajstić information content (AvgIpc) is 3.20. The second kappa shape index (κ2) is 5.88. The van der Waals surface area contributed by atoms with E-state index in [-0.39, 0.29) is 11.3 Å². The molecule has 0 saturated heterocycles. The maximum absolute atomic E-state index is 12.2. The molecule has 0 aromatic rings. The quantitative estimate of drug-likeness (QED) is 0.802. The van der Waals surface area contributed by atoms with E-state index >= 15 is 0 Å². The molecule has 0 aliphatic heterocycles. The molecule has 2 saturated carbocycles. The van der Waals surface area contributed by atoms with Crippen LogP contribution in [0.2, 0.25) is 0 Å². The van der Waals surface area contributed by atoms with Gasteiger partial charge < -0.3 is 5.32 Å². The van der Waals surface area contributed by atoms with Crippen molar-refractivity contribution in [3.63, 3.8) is 0 Å². The molecule has 0 atom stereocenters. The van der Waals surface area contributed by atoms with Crippen molar-refractivity contribution < 1.29 is 8.42 Å². The Hall–Kier alpha value is -0.130. The molecule has 5 heteroatoms. The molecule has 0 unspecified atom stereocenters. The Morgan fingerprint density at radius 2 is 1.72 bits per heavy atom. The average molecular weight is 274 g/mol. The number of rotatable bonds is 6. The number of hydrogen-bond acceptors (Lipinski definition) is 3. The molecule has 2 fully saturated rings. The zero-order valence-electron chi connectivity index (χ0n) is 11.6. The lowest BCUT2D eigenvalue weighted by Gasteiger charge is -2.34. The highest BCUT2D eigenvalue weighted by atomic mass is 32.2. The molecule has 0 amide bonds. The second-order valence-corrected chi connectivity index (χ2v) is 7.99. The predicted molar refractivity (Wildman–Crippen MR) is 74.0 cm³/mol. The van der Waals surface area contributed by atoms with Crippen LogP contribution in [0, 0.1) is 0 Å². The van der Waals surface area contributed by atoms with Gasteiger partial charge in [0.2, 0.25) is 10.0 Å². The molecule has 2 rings (SSSR count). The van der Waals surface area contributed by atoms with E-state index in [2.05, 4.69) is 12.2 Å². The maximum Gasteiger partial charge on any atom is 0.216 e. The SMILES string of the molecule is CCCNC1CCC(N(C)S(=O)(=O)C2CC2)CC1. The molecule has 0 radical (unpaired) electrons. The van der Waals surface area contributed by atoms with Crippen molar-refractivity contribution in [2.24, 2.45) is 0 Å². The lowest BCUT2D eigenvalue weighted by atomic mass is 9.91. The summed E-state index contributed by atoms with van der Waals surface area (Å²) in [5, 5.41) is 3.47. The van der Waals surface area contributed by atoms with Gasteiger partial charge in [-0.25, -0.2) is 12.7 Å². The zero-order chi connectivity index (χ0) is 13.2. The van der Waals surface area contributed by atoms with Gasteiger partial charge in [-0.05, 0) is 51.5 Å². The van der Waals surface area contributed by atoms with Crippen molar-refractivity contribution >= 4 is 10.0 Å². The summed E-state index contributed by atoms with van der Waals surface area (Å²) in [4.78, 5) is 0. The Morgan fingerprint density at radius 1 is 1.11 bits per heavy atom. The van der Waals surface area contributed by atoms with Gasteiger partial charge in [0.1, 0.15) is 0 Å². The van der Waals surface area contributed by atoms with E-state index in [9.17, 15) is 8.42 Å². The molecular formula is C13H26N2O2S. The highest BCUT2D eigenvalue weighted by Crippen LogP contribution is 2.33. The van der Waals surface area contributed by atoms with Crippen LogP contribution in [-0.2, 0) is 10.0 Å². The molecule has 2 aliphatic carbocycles. The first-order chi connectivity index (χ1) is 8.55. The second-order valence-electron chi connectivity index (χ2n) is 5.72. The Labute approximate surface area is 111 Å². The predicted octanol–water partition coefficient (Wildman–Crippen LogP) is 1.72. The lowest BCUT2D eigenvalue weighted by molar-refractivity contribution is 0.249. The van der Waals surface area contributed by atoms with Crippen molar-refractivity contribution in [3.05, 3.63) is 0 Å². The van der Waals surface area contributed by atoms with Gasteiger partial charge in [-0.2, -0.15) is 0 Å². The summed E-state index contributed by atoms with van der Waals surface area (Å²) in [7, 11) is -1.21. The van der Waals surface area contributed by atoms with Gasteiger partial charge >= 0.3 is 0 Å². The van der Waals surface area contributed by atoms with Crippen molar-refractivity contribution in [2.45, 2.75) is 69.2 Å². The van der Waals surface area contributed by atoms with Gasteiger partial charge in [-0.15, -0.1) is 0 Å². The summed E-state index contributed by atoms with van der Waals surface area (Å²) in [6.07, 6.45) is 7.11. The summed E-state index contributed by atoms with van der Waals surface area (Å²) >= 11 is 0. The van der Waals surface area contributed by atoms with Crippen molar-refractivity contribution in [2.75, 3.05) is 13.6 Å². The van der Waals surface area contributed by atoms with Crippen molar-refractivity contribution in [1.82, 2.24) is 9.62 Å². The summed E-state index contributed by atoms with van der Waals surface area (Å²) in [5.41, 5.74) is 0. The summed E-state index contributed by atoms with van der Waals surface area (Å²) in [5.74, 6) is 0. The largest absolute Gasteiger partial charge is 0.314 e. The highest BCUT2D eigenvalue weighted by molar-refractivity contribution is 7.90. The third kappa shape index (κ3) is 3.25. The normalized spacial score (nSPS) is 29.7. The van der Waals surface area contributed by atoms with Gasteiger partial charge in [0.25, 0.3) is 0 Å². The minimum atomic E-state index is -2.99. The molecule has 2 aliphatic rings. The molecule has 0 heterocycles. The van der Waals surface area contributed by atoms with Crippen LogP contribution in [0.1, 0.15) is 51.9 Å². The van der Waals surface area contributed by atoms with Crippen LogP contribution in [0.3, 0.4) is 0 Å². The van der Waals surface area contributed by atoms with Gasteiger partial charge in [0, 0.05) is 19.1 Å².